The molecule has 0 aliphatic carbocycles. The second kappa shape index (κ2) is 9.10. The molecule has 2 heterocycles. The lowest BCUT2D eigenvalue weighted by Gasteiger charge is -2.24. The number of hydrogen-bond donors (Lipinski definition) is 0. The largest absolute Gasteiger partial charge is 0.444 e. The van der Waals surface area contributed by atoms with Crippen LogP contribution in [0, 0.1) is 11.3 Å². The molecule has 0 saturated heterocycles. The van der Waals surface area contributed by atoms with Crippen LogP contribution in [0.2, 0.25) is 0 Å². The maximum absolute atomic E-state index is 13.4. The summed E-state index contributed by atoms with van der Waals surface area (Å²) < 4.78 is 32.3. The standard InChI is InChI=1S/C23H23N3O4S2/c1-23(2,3)30-22(27)26(4)15-17-12-20(19-10-6-5-8-16(19)13-24)21(31-17)32(28,29)18-9-7-11-25-14-18/h5-12,14H,15H2,1-4H3. The molecule has 0 aliphatic rings. The van der Waals surface area contributed by atoms with E-state index in [4.69, 9.17) is 4.74 Å². The van der Waals surface area contributed by atoms with Crippen LogP contribution < -0.4 is 0 Å². The Labute approximate surface area is 191 Å². The second-order valence-electron chi connectivity index (χ2n) is 8.10. The molecule has 0 aliphatic heterocycles. The monoisotopic (exact) mass is 469 g/mol. The lowest BCUT2D eigenvalue weighted by molar-refractivity contribution is 0.0286. The number of hydrogen-bond acceptors (Lipinski definition) is 7. The first kappa shape index (κ1) is 23.4. The van der Waals surface area contributed by atoms with Crippen molar-refractivity contribution >= 4 is 27.3 Å². The average Bonchev–Trinajstić information content (AvgIpc) is 3.17. The number of ether oxygens (including phenoxy) is 1. The Morgan fingerprint density at radius 1 is 1.19 bits per heavy atom. The van der Waals surface area contributed by atoms with Crippen LogP contribution in [0.4, 0.5) is 4.79 Å². The van der Waals surface area contributed by atoms with E-state index in [-0.39, 0.29) is 15.6 Å². The van der Waals surface area contributed by atoms with Crippen molar-refractivity contribution in [3.63, 3.8) is 0 Å². The molecular formula is C23H23N3O4S2. The van der Waals surface area contributed by atoms with Gasteiger partial charge in [0.1, 0.15) is 9.81 Å². The summed E-state index contributed by atoms with van der Waals surface area (Å²) >= 11 is 1.06. The molecule has 2 aromatic heterocycles. The van der Waals surface area contributed by atoms with Crippen molar-refractivity contribution < 1.29 is 17.9 Å². The van der Waals surface area contributed by atoms with Gasteiger partial charge in [0.15, 0.2) is 0 Å². The van der Waals surface area contributed by atoms with Gasteiger partial charge in [0, 0.05) is 35.4 Å². The summed E-state index contributed by atoms with van der Waals surface area (Å²) in [5.74, 6) is 0. The van der Waals surface area contributed by atoms with Gasteiger partial charge in [-0.15, -0.1) is 11.3 Å². The van der Waals surface area contributed by atoms with Crippen LogP contribution in [-0.2, 0) is 21.1 Å². The number of amides is 1. The number of nitriles is 1. The summed E-state index contributed by atoms with van der Waals surface area (Å²) in [5.41, 5.74) is 0.649. The van der Waals surface area contributed by atoms with Crippen LogP contribution in [0.5, 0.6) is 0 Å². The molecule has 1 aromatic carbocycles. The molecular weight excluding hydrogens is 446 g/mol. The Balaban J connectivity index is 2.09. The van der Waals surface area contributed by atoms with Crippen LogP contribution in [0.25, 0.3) is 11.1 Å². The second-order valence-corrected chi connectivity index (χ2v) is 11.4. The molecule has 0 radical (unpaired) electrons. The number of carbonyl (C=O) groups excluding carboxylic acids is 1. The Morgan fingerprint density at radius 3 is 2.53 bits per heavy atom. The van der Waals surface area contributed by atoms with Crippen molar-refractivity contribution in [1.82, 2.24) is 9.88 Å². The molecule has 9 heteroatoms. The number of aromatic nitrogens is 1. The SMILES string of the molecule is CN(Cc1cc(-c2ccccc2C#N)c(S(=O)(=O)c2cccnc2)s1)C(=O)OC(C)(C)C. The number of benzene rings is 1. The van der Waals surface area contributed by atoms with Crippen LogP contribution in [0.1, 0.15) is 31.2 Å². The molecule has 0 N–H and O–H groups in total. The Hall–Kier alpha value is -3.22. The van der Waals surface area contributed by atoms with E-state index >= 15 is 0 Å². The first-order valence-electron chi connectivity index (χ1n) is 9.74. The minimum atomic E-state index is -3.89. The molecule has 7 nitrogen and oxygen atoms in total. The average molecular weight is 470 g/mol. The quantitative estimate of drug-likeness (QED) is 0.528. The zero-order chi connectivity index (χ0) is 23.5. The molecule has 0 unspecified atom stereocenters. The van der Waals surface area contributed by atoms with Gasteiger partial charge in [-0.1, -0.05) is 18.2 Å². The normalized spacial score (nSPS) is 11.6. The topological polar surface area (TPSA) is 100 Å². The van der Waals surface area contributed by atoms with Crippen molar-refractivity contribution in [3.05, 3.63) is 65.3 Å². The molecule has 0 saturated carbocycles. The molecule has 32 heavy (non-hydrogen) atoms. The summed E-state index contributed by atoms with van der Waals surface area (Å²) in [6, 6.07) is 13.7. The fourth-order valence-corrected chi connectivity index (χ4v) is 6.09. The van der Waals surface area contributed by atoms with E-state index in [1.165, 1.54) is 23.4 Å². The maximum atomic E-state index is 13.4. The van der Waals surface area contributed by atoms with Gasteiger partial charge in [0.05, 0.1) is 23.1 Å². The van der Waals surface area contributed by atoms with E-state index in [9.17, 15) is 18.5 Å². The van der Waals surface area contributed by atoms with Crippen LogP contribution >= 0.6 is 11.3 Å². The molecule has 0 spiro atoms. The third-order valence-electron chi connectivity index (χ3n) is 4.37. The minimum Gasteiger partial charge on any atom is -0.444 e. The smallest absolute Gasteiger partial charge is 0.410 e. The highest BCUT2D eigenvalue weighted by atomic mass is 32.2. The van der Waals surface area contributed by atoms with Crippen LogP contribution in [-0.4, -0.2) is 37.0 Å². The molecule has 0 fully saturated rings. The van der Waals surface area contributed by atoms with Crippen LogP contribution in [0.3, 0.4) is 0 Å². The first-order chi connectivity index (χ1) is 15.0. The van der Waals surface area contributed by atoms with E-state index in [1.807, 2.05) is 0 Å². The number of nitrogens with zero attached hydrogens (tertiary/aromatic N) is 3. The van der Waals surface area contributed by atoms with E-state index in [2.05, 4.69) is 11.1 Å². The number of pyridine rings is 1. The molecule has 0 atom stereocenters. The Bertz CT molecular complexity index is 1270. The van der Waals surface area contributed by atoms with Gasteiger partial charge in [-0.05, 0) is 45.0 Å². The van der Waals surface area contributed by atoms with Crippen molar-refractivity contribution in [3.8, 4) is 17.2 Å². The first-order valence-corrected chi connectivity index (χ1v) is 12.0. The lowest BCUT2D eigenvalue weighted by atomic mass is 10.0. The molecule has 0 bridgehead atoms. The van der Waals surface area contributed by atoms with E-state index < -0.39 is 21.5 Å². The molecule has 3 aromatic rings. The number of thiophene rings is 1. The predicted molar refractivity (Wildman–Crippen MR) is 122 cm³/mol. The van der Waals surface area contributed by atoms with Gasteiger partial charge in [-0.3, -0.25) is 4.98 Å². The fraction of sp³-hybridized carbons (Fsp3) is 0.261. The summed E-state index contributed by atoms with van der Waals surface area (Å²) in [6.07, 6.45) is 2.28. The maximum Gasteiger partial charge on any atom is 0.410 e. The van der Waals surface area contributed by atoms with Crippen molar-refractivity contribution in [2.24, 2.45) is 0 Å². The zero-order valence-corrected chi connectivity index (χ0v) is 19.8. The van der Waals surface area contributed by atoms with E-state index in [0.717, 1.165) is 11.3 Å². The summed E-state index contributed by atoms with van der Waals surface area (Å²) in [5, 5.41) is 9.55. The molecule has 1 amide bonds. The van der Waals surface area contributed by atoms with E-state index in [1.54, 1.807) is 64.2 Å². The highest BCUT2D eigenvalue weighted by molar-refractivity contribution is 7.93. The predicted octanol–water partition coefficient (Wildman–Crippen LogP) is 4.88. The zero-order valence-electron chi connectivity index (χ0n) is 18.2. The lowest BCUT2D eigenvalue weighted by Crippen LogP contribution is -2.33. The summed E-state index contributed by atoms with van der Waals surface area (Å²) in [6.45, 7) is 5.49. The third-order valence-corrected chi connectivity index (χ3v) is 7.77. The number of rotatable bonds is 5. The van der Waals surface area contributed by atoms with Gasteiger partial charge in [-0.2, -0.15) is 5.26 Å². The molecule has 3 rings (SSSR count). The van der Waals surface area contributed by atoms with Crippen molar-refractivity contribution in [1.29, 1.82) is 5.26 Å². The van der Waals surface area contributed by atoms with Crippen LogP contribution in [0.15, 0.2) is 64.0 Å². The summed E-state index contributed by atoms with van der Waals surface area (Å²) in [4.78, 5) is 18.4. The number of carbonyl (C=O) groups is 1. The Kier molecular flexibility index (Phi) is 6.67. The van der Waals surface area contributed by atoms with Gasteiger partial charge >= 0.3 is 6.09 Å². The molecule has 166 valence electrons. The van der Waals surface area contributed by atoms with Gasteiger partial charge in [0.2, 0.25) is 9.84 Å². The third kappa shape index (κ3) is 5.15. The number of sulfone groups is 1. The fourth-order valence-electron chi connectivity index (χ4n) is 2.96. The van der Waals surface area contributed by atoms with Gasteiger partial charge in [-0.25, -0.2) is 13.2 Å². The van der Waals surface area contributed by atoms with Crippen molar-refractivity contribution in [2.45, 2.75) is 42.0 Å². The van der Waals surface area contributed by atoms with Crippen molar-refractivity contribution in [2.75, 3.05) is 7.05 Å². The highest BCUT2D eigenvalue weighted by Gasteiger charge is 2.28. The summed E-state index contributed by atoms with van der Waals surface area (Å²) in [7, 11) is -2.31. The Morgan fingerprint density at radius 2 is 1.91 bits per heavy atom. The van der Waals surface area contributed by atoms with Gasteiger partial charge in [0.25, 0.3) is 0 Å². The van der Waals surface area contributed by atoms with E-state index in [0.29, 0.717) is 21.6 Å². The minimum absolute atomic E-state index is 0.0598. The van der Waals surface area contributed by atoms with Gasteiger partial charge < -0.3 is 9.64 Å². The highest BCUT2D eigenvalue weighted by Crippen LogP contribution is 2.39.